The van der Waals surface area contributed by atoms with Gasteiger partial charge in [0.1, 0.15) is 0 Å². The molecule has 494 valence electrons. The highest BCUT2D eigenvalue weighted by atomic mass is 127. The zero-order valence-electron chi connectivity index (χ0n) is 48.6. The van der Waals surface area contributed by atoms with Gasteiger partial charge in [0.2, 0.25) is 17.7 Å². The van der Waals surface area contributed by atoms with E-state index >= 15 is 0 Å². The maximum absolute atomic E-state index is 11.8. The van der Waals surface area contributed by atoms with Crippen LogP contribution in [0.2, 0.25) is 0 Å². The van der Waals surface area contributed by atoms with Crippen LogP contribution in [0, 0.1) is 0 Å². The number of unbranched alkanes of at least 4 members (excludes halogenated alkanes) is 2. The van der Waals surface area contributed by atoms with E-state index in [1.807, 2.05) is 52.1 Å². The molecule has 5 saturated heterocycles. The van der Waals surface area contributed by atoms with E-state index in [4.69, 9.17) is 9.68 Å². The summed E-state index contributed by atoms with van der Waals surface area (Å²) < 4.78 is 23.8. The molecule has 5 fully saturated rings. The Morgan fingerprint density at radius 3 is 1.15 bits per heavy atom. The molecule has 0 radical (unpaired) electrons. The fraction of sp³-hybridized carbons (Fsp3) is 0.407. The monoisotopic (exact) mass is 1590 g/mol. The Kier molecular flexibility index (Phi) is 34.8. The number of amides is 13. The lowest BCUT2D eigenvalue weighted by Gasteiger charge is -2.12. The number of imide groups is 5. The van der Waals surface area contributed by atoms with E-state index in [1.165, 1.54) is 48.5 Å². The highest BCUT2D eigenvalue weighted by Gasteiger charge is 2.37. The second-order valence-corrected chi connectivity index (χ2v) is 22.2. The van der Waals surface area contributed by atoms with Crippen LogP contribution in [0.5, 0.6) is 0 Å². The van der Waals surface area contributed by atoms with Crippen LogP contribution in [0.4, 0.5) is 5.69 Å². The van der Waals surface area contributed by atoms with Crippen LogP contribution in [-0.2, 0) is 111 Å². The Bertz CT molecular complexity index is 3160. The molecule has 0 bridgehead atoms. The Labute approximate surface area is 554 Å². The van der Waals surface area contributed by atoms with Gasteiger partial charge in [-0.25, -0.2) is 32.4 Å². The number of anilines is 1. The fourth-order valence-electron chi connectivity index (χ4n) is 6.65. The molecule has 5 heterocycles. The summed E-state index contributed by atoms with van der Waals surface area (Å²) in [5.74, 6) is -9.20. The van der Waals surface area contributed by atoms with E-state index in [0.29, 0.717) is 39.9 Å². The van der Waals surface area contributed by atoms with Gasteiger partial charge in [-0.15, -0.1) is 25.3 Å². The van der Waals surface area contributed by atoms with E-state index in [2.05, 4.69) is 53.4 Å². The van der Waals surface area contributed by atoms with Gasteiger partial charge in [0.25, 0.3) is 59.1 Å². The molecule has 5 aliphatic heterocycles. The van der Waals surface area contributed by atoms with E-state index in [0.717, 1.165) is 24.7 Å². The highest BCUT2D eigenvalue weighted by molar-refractivity contribution is 14.1. The van der Waals surface area contributed by atoms with Crippen molar-refractivity contribution in [3.05, 3.63) is 71.6 Å². The second kappa shape index (κ2) is 40.3. The second-order valence-electron chi connectivity index (χ2n) is 18.2. The SMILES string of the molecule is C=CS(=O)(=O)c1ccc(C(=O)ON2C(=O)CCC2=O)cc1.CCC(=O)ON1C(=O)CCC1=O.CCCCCC(=O)ON1C(=O)CCC1=O.NC(=O)CI.O=C(CBr)NCCC(=O)ON1C(=O)CCC1=O.O=C(CI)Nc1ccc(C(=O)ON2C(=O)CCC2=O)cc1. The summed E-state index contributed by atoms with van der Waals surface area (Å²) in [6, 6.07) is 10.8. The van der Waals surface area contributed by atoms with Gasteiger partial charge in [-0.1, -0.05) is 94.4 Å². The van der Waals surface area contributed by atoms with Crippen LogP contribution >= 0.6 is 61.1 Å². The van der Waals surface area contributed by atoms with Gasteiger partial charge in [0.05, 0.1) is 36.6 Å². The molecule has 0 saturated carbocycles. The molecule has 37 heteroatoms. The molecular formula is C54H61BrI2N8O25S. The third kappa shape index (κ3) is 27.7. The molecule has 13 amide bonds. The summed E-state index contributed by atoms with van der Waals surface area (Å²) in [5.41, 5.74) is 5.38. The third-order valence-electron chi connectivity index (χ3n) is 11.3. The number of primary amides is 1. The van der Waals surface area contributed by atoms with Crippen molar-refractivity contribution in [3.63, 3.8) is 0 Å². The zero-order chi connectivity index (χ0) is 68.5. The number of halogens is 3. The number of hydrogen-bond acceptors (Lipinski definition) is 25. The van der Waals surface area contributed by atoms with Crippen molar-refractivity contribution in [2.75, 3.05) is 26.0 Å². The van der Waals surface area contributed by atoms with Gasteiger partial charge < -0.3 is 40.6 Å². The lowest BCUT2D eigenvalue weighted by molar-refractivity contribution is -0.197. The molecule has 0 aromatic heterocycles. The highest BCUT2D eigenvalue weighted by Crippen LogP contribution is 2.20. The van der Waals surface area contributed by atoms with Gasteiger partial charge in [0, 0.05) is 94.7 Å². The summed E-state index contributed by atoms with van der Waals surface area (Å²) in [6.07, 6.45) is 3.76. The van der Waals surface area contributed by atoms with Crippen molar-refractivity contribution in [3.8, 4) is 0 Å². The smallest absolute Gasteiger partial charge is 0.363 e. The first-order chi connectivity index (χ1) is 43.0. The number of carbonyl (C=O) groups is 18. The minimum atomic E-state index is -3.59. The molecule has 2 aromatic rings. The number of alkyl halides is 3. The van der Waals surface area contributed by atoms with Gasteiger partial charge >= 0.3 is 29.8 Å². The summed E-state index contributed by atoms with van der Waals surface area (Å²) in [5, 5.41) is 8.54. The fourth-order valence-corrected chi connectivity index (χ4v) is 7.75. The first-order valence-electron chi connectivity index (χ1n) is 26.9. The Morgan fingerprint density at radius 2 is 0.846 bits per heavy atom. The van der Waals surface area contributed by atoms with Crippen LogP contribution in [0.3, 0.4) is 0 Å². The number of nitrogens with two attached hydrogens (primary N) is 1. The number of sulfone groups is 1. The molecule has 4 N–H and O–H groups in total. The van der Waals surface area contributed by atoms with Crippen LogP contribution < -0.4 is 16.4 Å². The zero-order valence-corrected chi connectivity index (χ0v) is 55.3. The maximum atomic E-state index is 11.8. The summed E-state index contributed by atoms with van der Waals surface area (Å²) in [6.45, 7) is 6.90. The van der Waals surface area contributed by atoms with Crippen molar-refractivity contribution in [2.24, 2.45) is 5.73 Å². The van der Waals surface area contributed by atoms with Crippen LogP contribution in [-0.4, -0.2) is 161 Å². The van der Waals surface area contributed by atoms with Crippen molar-refractivity contribution in [1.29, 1.82) is 0 Å². The quantitative estimate of drug-likeness (QED) is 0.0700. The van der Waals surface area contributed by atoms with Crippen molar-refractivity contribution in [1.82, 2.24) is 30.6 Å². The number of hydrogen-bond donors (Lipinski definition) is 3. The molecule has 0 aliphatic carbocycles. The number of benzene rings is 2. The van der Waals surface area contributed by atoms with Crippen molar-refractivity contribution < 1.29 is 119 Å². The minimum Gasteiger partial charge on any atom is -0.369 e. The third-order valence-corrected chi connectivity index (χ3v) is 14.6. The predicted molar refractivity (Wildman–Crippen MR) is 326 cm³/mol. The molecule has 5 aliphatic rings. The van der Waals surface area contributed by atoms with Crippen LogP contribution in [0.25, 0.3) is 0 Å². The molecule has 0 spiro atoms. The first-order valence-corrected chi connectivity index (χ1v) is 32.7. The average Bonchev–Trinajstić information content (AvgIpc) is 4.34. The van der Waals surface area contributed by atoms with E-state index in [9.17, 15) is 94.7 Å². The molecule has 2 aromatic carbocycles. The average molecular weight is 1590 g/mol. The largest absolute Gasteiger partial charge is 0.369 e. The molecule has 0 atom stereocenters. The maximum Gasteiger partial charge on any atom is 0.363 e. The standard InChI is InChI=1S/C13H11IN2O5.C13H11NO6S.C10H15NO4.C9H11BrN2O5.C7H9NO4.C2H4INO/c14-7-10(17)15-9-3-1-8(2-4-9)13(20)21-16-11(18)5-6-12(16)19;1-2-21(18,19)10-5-3-9(4-6-10)13(17)20-14-11(15)7-8-12(14)16;1-2-3-4-5-10(14)15-11-8(12)6-7-9(11)13;10-5-6(13)11-4-3-9(16)17-12-7(14)1-2-8(12)15;1-2-7(11)12-8-5(9)3-4-6(8)10;3-1-2(4)5/h1-4H,5-7H2,(H,15,17);2-6H,1,7-8H2;2-7H2,1H3;1-5H2,(H,11,13);2-4H2,1H3;1H2,(H2,4,5). The minimum absolute atomic E-state index is 0.00261. The Morgan fingerprint density at radius 1 is 0.516 bits per heavy atom. The van der Waals surface area contributed by atoms with Crippen LogP contribution in [0.1, 0.15) is 137 Å². The van der Waals surface area contributed by atoms with Crippen molar-refractivity contribution >= 4 is 183 Å². The number of rotatable bonds is 21. The lowest BCUT2D eigenvalue weighted by Crippen LogP contribution is -2.34. The molecule has 7 rings (SSSR count). The number of hydroxylamine groups is 10. The van der Waals surface area contributed by atoms with Crippen molar-refractivity contribution in [2.45, 2.75) is 121 Å². The van der Waals surface area contributed by atoms with Gasteiger partial charge in [-0.2, -0.15) is 0 Å². The topological polar surface area (TPSA) is 454 Å². The van der Waals surface area contributed by atoms with Gasteiger partial charge in [-0.3, -0.25) is 62.3 Å². The molecule has 0 unspecified atom stereocenters. The molecular weight excluding hydrogens is 1530 g/mol. The van der Waals surface area contributed by atoms with Gasteiger partial charge in [0.15, 0.2) is 9.84 Å². The summed E-state index contributed by atoms with van der Waals surface area (Å²) in [7, 11) is -3.59. The number of nitrogens with zero attached hydrogens (tertiary/aromatic N) is 5. The summed E-state index contributed by atoms with van der Waals surface area (Å²) >= 11 is 6.78. The van der Waals surface area contributed by atoms with E-state index < -0.39 is 98.8 Å². The van der Waals surface area contributed by atoms with Gasteiger partial charge in [-0.05, 0) is 55.0 Å². The van der Waals surface area contributed by atoms with E-state index in [-0.39, 0.29) is 129 Å². The molecule has 91 heavy (non-hydrogen) atoms. The lowest BCUT2D eigenvalue weighted by atomic mass is 10.2. The first kappa shape index (κ1) is 78.6. The van der Waals surface area contributed by atoms with E-state index in [1.54, 1.807) is 6.92 Å². The number of carbonyl (C=O) groups excluding carboxylic acids is 18. The number of nitrogens with one attached hydrogen (secondary N) is 2. The molecule has 33 nitrogen and oxygen atoms in total. The predicted octanol–water partition coefficient (Wildman–Crippen LogP) is 2.68. The normalized spacial score (nSPS) is 14.8. The summed E-state index contributed by atoms with van der Waals surface area (Å²) in [4.78, 5) is 223. The Hall–Kier alpha value is -8.47. The Balaban J connectivity index is 0.000000385. The van der Waals surface area contributed by atoms with Crippen LogP contribution in [0.15, 0.2) is 65.4 Å².